The van der Waals surface area contributed by atoms with Crippen molar-refractivity contribution >= 4 is 16.9 Å². The van der Waals surface area contributed by atoms with E-state index in [1.165, 1.54) is 6.07 Å². The van der Waals surface area contributed by atoms with Crippen LogP contribution in [0.1, 0.15) is 60.5 Å². The normalized spacial score (nSPS) is 20.4. The van der Waals surface area contributed by atoms with E-state index < -0.39 is 11.6 Å². The van der Waals surface area contributed by atoms with Gasteiger partial charge in [0.15, 0.2) is 0 Å². The molecule has 166 valence electrons. The largest absolute Gasteiger partial charge is 0.460 e. The number of fused-ring (bicyclic) bond motifs is 5. The van der Waals surface area contributed by atoms with E-state index >= 15 is 0 Å². The van der Waals surface area contributed by atoms with Crippen molar-refractivity contribution in [1.29, 1.82) is 0 Å². The molecule has 4 heterocycles. The number of nitrogens with two attached hydrogens (primary N) is 1. The number of aliphatic hydroxyl groups is 1. The van der Waals surface area contributed by atoms with E-state index in [2.05, 4.69) is 0 Å². The predicted molar refractivity (Wildman–Crippen MR) is 116 cm³/mol. The van der Waals surface area contributed by atoms with Crippen molar-refractivity contribution in [1.82, 2.24) is 9.55 Å². The molecule has 0 saturated carbocycles. The highest BCUT2D eigenvalue weighted by atomic mass is 19.1. The number of carbonyl (C=O) groups excluding carboxylic acids is 1. The maximum absolute atomic E-state index is 14.3. The highest BCUT2D eigenvalue weighted by Gasteiger charge is 2.40. The third-order valence-electron chi connectivity index (χ3n) is 6.73. The molecule has 2 aliphatic heterocycles. The zero-order valence-corrected chi connectivity index (χ0v) is 18.2. The number of ether oxygens (including phenoxy) is 1. The van der Waals surface area contributed by atoms with Crippen LogP contribution in [0, 0.1) is 12.7 Å². The molecule has 5 rings (SSSR count). The molecule has 1 aromatic carbocycles. The average Bonchev–Trinajstić information content (AvgIpc) is 3.03. The average molecular weight is 437 g/mol. The van der Waals surface area contributed by atoms with Gasteiger partial charge in [0.05, 0.1) is 35.4 Å². The third kappa shape index (κ3) is 2.83. The highest BCUT2D eigenvalue weighted by Crippen LogP contribution is 2.41. The van der Waals surface area contributed by atoms with Crippen LogP contribution in [0.5, 0.6) is 0 Å². The summed E-state index contributed by atoms with van der Waals surface area (Å²) in [5.74, 6) is -0.918. The SMILES string of the molecule is CC[C@@]1(O)CC(=O)OCc2c1cc1n(c2=O)Cc2c-1nc1cc(F)c(C)cc1c2[C@H](C)N. The number of pyridine rings is 2. The van der Waals surface area contributed by atoms with Crippen LogP contribution in [0.2, 0.25) is 0 Å². The van der Waals surface area contributed by atoms with Crippen LogP contribution in [-0.2, 0) is 28.3 Å². The topological polar surface area (TPSA) is 107 Å². The number of benzene rings is 1. The van der Waals surface area contributed by atoms with E-state index in [1.807, 2.05) is 6.92 Å². The van der Waals surface area contributed by atoms with Gasteiger partial charge in [-0.15, -0.1) is 0 Å². The lowest BCUT2D eigenvalue weighted by Gasteiger charge is -2.26. The van der Waals surface area contributed by atoms with E-state index in [4.69, 9.17) is 15.5 Å². The lowest BCUT2D eigenvalue weighted by molar-refractivity contribution is -0.149. The van der Waals surface area contributed by atoms with E-state index in [-0.39, 0.29) is 49.0 Å². The van der Waals surface area contributed by atoms with Crippen molar-refractivity contribution < 1.29 is 19.0 Å². The Hall–Kier alpha value is -3.10. The first-order valence-electron chi connectivity index (χ1n) is 10.7. The van der Waals surface area contributed by atoms with Gasteiger partial charge in [-0.25, -0.2) is 9.37 Å². The van der Waals surface area contributed by atoms with Gasteiger partial charge >= 0.3 is 5.97 Å². The van der Waals surface area contributed by atoms with Crippen LogP contribution in [0.3, 0.4) is 0 Å². The van der Waals surface area contributed by atoms with Gasteiger partial charge in [-0.05, 0) is 49.1 Å². The number of halogens is 1. The Morgan fingerprint density at radius 1 is 1.31 bits per heavy atom. The molecule has 0 amide bonds. The first kappa shape index (κ1) is 20.8. The molecule has 3 aromatic rings. The summed E-state index contributed by atoms with van der Waals surface area (Å²) >= 11 is 0. The fraction of sp³-hybridized carbons (Fsp3) is 0.375. The molecule has 32 heavy (non-hydrogen) atoms. The minimum absolute atomic E-state index is 0.189. The van der Waals surface area contributed by atoms with Crippen molar-refractivity contribution in [2.24, 2.45) is 5.73 Å². The molecular weight excluding hydrogens is 413 g/mol. The summed E-state index contributed by atoms with van der Waals surface area (Å²) < 4.78 is 21.1. The van der Waals surface area contributed by atoms with Crippen LogP contribution in [0.4, 0.5) is 4.39 Å². The predicted octanol–water partition coefficient (Wildman–Crippen LogP) is 2.94. The smallest absolute Gasteiger partial charge is 0.309 e. The molecule has 0 saturated heterocycles. The van der Waals surface area contributed by atoms with Crippen LogP contribution in [-0.4, -0.2) is 20.6 Å². The van der Waals surface area contributed by atoms with Crippen molar-refractivity contribution in [3.8, 4) is 11.4 Å². The molecule has 3 N–H and O–H groups in total. The second-order valence-corrected chi connectivity index (χ2v) is 8.80. The second-order valence-electron chi connectivity index (χ2n) is 8.80. The van der Waals surface area contributed by atoms with E-state index in [9.17, 15) is 19.1 Å². The quantitative estimate of drug-likeness (QED) is 0.467. The number of aromatic nitrogens is 2. The van der Waals surface area contributed by atoms with E-state index in [0.717, 1.165) is 16.5 Å². The number of hydrogen-bond acceptors (Lipinski definition) is 6. The molecule has 2 atom stereocenters. The van der Waals surface area contributed by atoms with Gasteiger partial charge < -0.3 is 20.1 Å². The number of cyclic esters (lactones) is 1. The lowest BCUT2D eigenvalue weighted by Crippen LogP contribution is -2.32. The minimum Gasteiger partial charge on any atom is -0.460 e. The fourth-order valence-corrected chi connectivity index (χ4v) is 4.96. The van der Waals surface area contributed by atoms with Gasteiger partial charge in [0.25, 0.3) is 5.56 Å². The Morgan fingerprint density at radius 2 is 2.06 bits per heavy atom. The van der Waals surface area contributed by atoms with Crippen molar-refractivity contribution in [3.63, 3.8) is 0 Å². The maximum Gasteiger partial charge on any atom is 0.309 e. The summed E-state index contributed by atoms with van der Waals surface area (Å²) in [5, 5.41) is 12.0. The van der Waals surface area contributed by atoms with Crippen LogP contribution in [0.25, 0.3) is 22.3 Å². The summed E-state index contributed by atoms with van der Waals surface area (Å²) in [7, 11) is 0. The van der Waals surface area contributed by atoms with Crippen LogP contribution in [0.15, 0.2) is 23.0 Å². The summed E-state index contributed by atoms with van der Waals surface area (Å²) in [6.07, 6.45) is 0.0124. The zero-order valence-electron chi connectivity index (χ0n) is 18.2. The van der Waals surface area contributed by atoms with Crippen molar-refractivity contribution in [2.45, 2.75) is 58.4 Å². The molecule has 8 heteroatoms. The molecule has 0 fully saturated rings. The second kappa shape index (κ2) is 6.95. The Balaban J connectivity index is 1.84. The molecule has 2 aromatic heterocycles. The van der Waals surface area contributed by atoms with Gasteiger partial charge in [0, 0.05) is 23.1 Å². The zero-order chi connectivity index (χ0) is 22.9. The standard InChI is InChI=1S/C24H24FN3O4/c1-4-24(31)8-20(29)32-10-15-16(24)6-19-22-14(9-28(19)23(15)30)21(12(3)26)13-5-11(2)17(25)7-18(13)27-22/h5-7,12,31H,4,8-10,26H2,1-3H3/t12-,24+/m0/s1. The van der Waals surface area contributed by atoms with Crippen molar-refractivity contribution in [3.05, 3.63) is 62.2 Å². The fourth-order valence-electron chi connectivity index (χ4n) is 4.96. The Bertz CT molecular complexity index is 1380. The van der Waals surface area contributed by atoms with E-state index in [0.29, 0.717) is 28.0 Å². The first-order chi connectivity index (χ1) is 15.1. The highest BCUT2D eigenvalue weighted by molar-refractivity contribution is 5.89. The molecule has 0 aliphatic carbocycles. The van der Waals surface area contributed by atoms with Gasteiger partial charge in [0.1, 0.15) is 18.0 Å². The number of carbonyl (C=O) groups is 1. The Labute approximate surface area is 183 Å². The molecule has 0 bridgehead atoms. The monoisotopic (exact) mass is 437 g/mol. The molecule has 7 nitrogen and oxygen atoms in total. The maximum atomic E-state index is 14.3. The van der Waals surface area contributed by atoms with Crippen LogP contribution >= 0.6 is 0 Å². The van der Waals surface area contributed by atoms with Gasteiger partial charge in [0.2, 0.25) is 0 Å². The molecule has 0 unspecified atom stereocenters. The number of aryl methyl sites for hydroxylation is 1. The lowest BCUT2D eigenvalue weighted by atomic mass is 9.85. The third-order valence-corrected chi connectivity index (χ3v) is 6.73. The van der Waals surface area contributed by atoms with Crippen molar-refractivity contribution in [2.75, 3.05) is 0 Å². The van der Waals surface area contributed by atoms with E-state index in [1.54, 1.807) is 30.5 Å². The summed E-state index contributed by atoms with van der Waals surface area (Å²) in [6.45, 7) is 5.36. The summed E-state index contributed by atoms with van der Waals surface area (Å²) in [4.78, 5) is 30.2. The molecule has 0 spiro atoms. The summed E-state index contributed by atoms with van der Waals surface area (Å²) in [5.41, 5.74) is 8.80. The molecule has 0 radical (unpaired) electrons. The molecule has 2 aliphatic rings. The van der Waals surface area contributed by atoms with Gasteiger partial charge in [-0.3, -0.25) is 9.59 Å². The number of hydrogen-bond donors (Lipinski definition) is 2. The Kier molecular flexibility index (Phi) is 4.51. The van der Waals surface area contributed by atoms with Gasteiger partial charge in [-0.2, -0.15) is 0 Å². The Morgan fingerprint density at radius 3 is 2.75 bits per heavy atom. The van der Waals surface area contributed by atoms with Crippen LogP contribution < -0.4 is 11.3 Å². The molecular formula is C24H24FN3O4. The number of esters is 1. The van der Waals surface area contributed by atoms with Gasteiger partial charge in [-0.1, -0.05) is 6.92 Å². The summed E-state index contributed by atoms with van der Waals surface area (Å²) in [6, 6.07) is 4.49. The number of nitrogens with zero attached hydrogens (tertiary/aromatic N) is 2. The first-order valence-corrected chi connectivity index (χ1v) is 10.7. The number of rotatable bonds is 2. The minimum atomic E-state index is -1.51.